The van der Waals surface area contributed by atoms with Crippen molar-refractivity contribution >= 4 is 38.5 Å². The Balaban J connectivity index is 2.13. The number of benzene rings is 2. The Morgan fingerprint density at radius 1 is 1.15 bits per heavy atom. The molecule has 0 spiro atoms. The summed E-state index contributed by atoms with van der Waals surface area (Å²) >= 11 is 9.00. The summed E-state index contributed by atoms with van der Waals surface area (Å²) in [5, 5.41) is 11.1. The molecule has 0 bridgehead atoms. The zero-order valence-corrected chi connectivity index (χ0v) is 12.5. The van der Waals surface area contributed by atoms with Gasteiger partial charge in [0.05, 0.1) is 11.3 Å². The first-order valence-electron chi connectivity index (χ1n) is 5.87. The van der Waals surface area contributed by atoms with Gasteiger partial charge in [0.1, 0.15) is 17.5 Å². The number of hydrogen-bond donors (Lipinski definition) is 1. The summed E-state index contributed by atoms with van der Waals surface area (Å²) in [6.45, 7) is 0. The van der Waals surface area contributed by atoms with Crippen LogP contribution in [0.25, 0.3) is 11.0 Å². The molecule has 1 N–H and O–H groups in total. The van der Waals surface area contributed by atoms with Crippen LogP contribution >= 0.6 is 27.5 Å². The maximum absolute atomic E-state index is 14.2. The van der Waals surface area contributed by atoms with Crippen molar-refractivity contribution in [2.45, 2.75) is 6.10 Å². The maximum Gasteiger partial charge on any atom is 0.149 e. The van der Waals surface area contributed by atoms with E-state index >= 15 is 0 Å². The molecular weight excluding hydrogens is 347 g/mol. The normalized spacial score (nSPS) is 12.8. The quantitative estimate of drug-likeness (QED) is 0.651. The van der Waals surface area contributed by atoms with Crippen molar-refractivity contribution in [3.05, 3.63) is 69.1 Å². The average molecular weight is 356 g/mol. The number of aliphatic hydroxyl groups excluding tert-OH is 1. The van der Waals surface area contributed by atoms with E-state index in [9.17, 15) is 9.50 Å². The third kappa shape index (κ3) is 2.14. The van der Waals surface area contributed by atoms with E-state index in [0.29, 0.717) is 15.6 Å². The van der Waals surface area contributed by atoms with Gasteiger partial charge >= 0.3 is 0 Å². The van der Waals surface area contributed by atoms with Crippen molar-refractivity contribution in [3.8, 4) is 0 Å². The van der Waals surface area contributed by atoms with E-state index < -0.39 is 11.9 Å². The van der Waals surface area contributed by atoms with Crippen molar-refractivity contribution in [1.29, 1.82) is 0 Å². The molecular formula is C15H9BrClFO2. The van der Waals surface area contributed by atoms with E-state index in [4.69, 9.17) is 16.0 Å². The Morgan fingerprint density at radius 2 is 1.90 bits per heavy atom. The molecule has 0 aliphatic rings. The van der Waals surface area contributed by atoms with E-state index in [1.165, 1.54) is 12.3 Å². The van der Waals surface area contributed by atoms with Crippen molar-refractivity contribution in [3.63, 3.8) is 0 Å². The third-order valence-electron chi connectivity index (χ3n) is 3.17. The molecule has 0 aliphatic heterocycles. The minimum atomic E-state index is -1.13. The molecule has 2 nitrogen and oxygen atoms in total. The number of furan rings is 1. The van der Waals surface area contributed by atoms with Gasteiger partial charge in [0.2, 0.25) is 0 Å². The highest BCUT2D eigenvalue weighted by molar-refractivity contribution is 9.10. The van der Waals surface area contributed by atoms with Crippen LogP contribution in [0.15, 0.2) is 51.6 Å². The second-order valence-electron chi connectivity index (χ2n) is 4.35. The Hall–Kier alpha value is -1.36. The lowest BCUT2D eigenvalue weighted by molar-refractivity contribution is 0.215. The Bertz CT molecular complexity index is 785. The lowest BCUT2D eigenvalue weighted by Crippen LogP contribution is -2.02. The molecule has 0 fully saturated rings. The molecule has 0 aliphatic carbocycles. The number of aliphatic hydroxyl groups is 1. The highest BCUT2D eigenvalue weighted by Crippen LogP contribution is 2.35. The predicted octanol–water partition coefficient (Wildman–Crippen LogP) is 5.07. The van der Waals surface area contributed by atoms with Crippen LogP contribution in [-0.2, 0) is 0 Å². The second-order valence-corrected chi connectivity index (χ2v) is 5.59. The fraction of sp³-hybridized carbons (Fsp3) is 0.0667. The van der Waals surface area contributed by atoms with Gasteiger partial charge in [0, 0.05) is 21.0 Å². The zero-order valence-electron chi connectivity index (χ0n) is 10.1. The first-order valence-corrected chi connectivity index (χ1v) is 7.04. The van der Waals surface area contributed by atoms with Gasteiger partial charge in [-0.2, -0.15) is 0 Å². The first kappa shape index (κ1) is 13.6. The summed E-state index contributed by atoms with van der Waals surface area (Å²) in [5.74, 6) is -0.640. The van der Waals surface area contributed by atoms with Crippen molar-refractivity contribution in [2.24, 2.45) is 0 Å². The van der Waals surface area contributed by atoms with Gasteiger partial charge in [0.15, 0.2) is 0 Å². The zero-order chi connectivity index (χ0) is 14.3. The number of hydrogen-bond acceptors (Lipinski definition) is 2. The maximum atomic E-state index is 14.2. The molecule has 0 amide bonds. The molecule has 1 aromatic heterocycles. The summed E-state index contributed by atoms with van der Waals surface area (Å²) in [6.07, 6.45) is 0.300. The topological polar surface area (TPSA) is 33.4 Å². The fourth-order valence-electron chi connectivity index (χ4n) is 2.13. The van der Waals surface area contributed by atoms with Crippen LogP contribution in [0.3, 0.4) is 0 Å². The van der Waals surface area contributed by atoms with Crippen LogP contribution < -0.4 is 0 Å². The lowest BCUT2D eigenvalue weighted by Gasteiger charge is -2.12. The number of para-hydroxylation sites is 1. The summed E-state index contributed by atoms with van der Waals surface area (Å²) in [7, 11) is 0. The van der Waals surface area contributed by atoms with Crippen molar-refractivity contribution < 1.29 is 13.9 Å². The van der Waals surface area contributed by atoms with Crippen LogP contribution in [0.5, 0.6) is 0 Å². The fourth-order valence-corrected chi connectivity index (χ4v) is 2.61. The van der Waals surface area contributed by atoms with Gasteiger partial charge in [0.25, 0.3) is 0 Å². The smallest absolute Gasteiger partial charge is 0.149 e. The number of rotatable bonds is 2. The largest absolute Gasteiger partial charge is 0.464 e. The molecule has 0 saturated heterocycles. The minimum Gasteiger partial charge on any atom is -0.464 e. The van der Waals surface area contributed by atoms with Crippen LogP contribution in [0, 0.1) is 5.82 Å². The molecule has 1 heterocycles. The minimum absolute atomic E-state index is 0.0469. The molecule has 102 valence electrons. The average Bonchev–Trinajstić information content (AvgIpc) is 2.88. The number of halogens is 3. The van der Waals surface area contributed by atoms with Gasteiger partial charge in [-0.05, 0) is 28.1 Å². The van der Waals surface area contributed by atoms with E-state index in [-0.39, 0.29) is 10.6 Å². The Labute approximate surface area is 127 Å². The van der Waals surface area contributed by atoms with Crippen molar-refractivity contribution in [1.82, 2.24) is 0 Å². The van der Waals surface area contributed by atoms with Crippen LogP contribution in [0.2, 0.25) is 5.02 Å². The van der Waals surface area contributed by atoms with E-state index in [2.05, 4.69) is 15.9 Å². The van der Waals surface area contributed by atoms with Crippen LogP contribution in [0.4, 0.5) is 4.39 Å². The van der Waals surface area contributed by atoms with E-state index in [1.807, 2.05) is 18.2 Å². The first-order chi connectivity index (χ1) is 9.59. The molecule has 5 heteroatoms. The van der Waals surface area contributed by atoms with Gasteiger partial charge in [-0.15, -0.1) is 0 Å². The van der Waals surface area contributed by atoms with Crippen molar-refractivity contribution in [2.75, 3.05) is 0 Å². The lowest BCUT2D eigenvalue weighted by atomic mass is 10.0. The van der Waals surface area contributed by atoms with Crippen LogP contribution in [0.1, 0.15) is 17.2 Å². The molecule has 20 heavy (non-hydrogen) atoms. The highest BCUT2D eigenvalue weighted by atomic mass is 79.9. The summed E-state index contributed by atoms with van der Waals surface area (Å²) < 4.78 is 20.0. The summed E-state index contributed by atoms with van der Waals surface area (Å²) in [4.78, 5) is 0. The molecule has 1 unspecified atom stereocenters. The van der Waals surface area contributed by atoms with E-state index in [0.717, 1.165) is 5.39 Å². The molecule has 0 saturated carbocycles. The highest BCUT2D eigenvalue weighted by Gasteiger charge is 2.21. The standard InChI is InChI=1S/C15H9BrClFO2/c16-11-6-5-9(14(18)13(11)17)15(19)10-7-20-12-4-2-1-3-8(10)12/h1-7,15,19H. The monoisotopic (exact) mass is 354 g/mol. The van der Waals surface area contributed by atoms with Gasteiger partial charge < -0.3 is 9.52 Å². The molecule has 1 atom stereocenters. The Morgan fingerprint density at radius 3 is 2.70 bits per heavy atom. The summed E-state index contributed by atoms with van der Waals surface area (Å²) in [5.41, 5.74) is 1.27. The number of fused-ring (bicyclic) bond motifs is 1. The second kappa shape index (κ2) is 5.20. The predicted molar refractivity (Wildman–Crippen MR) is 79.4 cm³/mol. The molecule has 2 aromatic carbocycles. The van der Waals surface area contributed by atoms with Gasteiger partial charge in [-0.3, -0.25) is 0 Å². The van der Waals surface area contributed by atoms with Crippen LogP contribution in [-0.4, -0.2) is 5.11 Å². The third-order valence-corrected chi connectivity index (χ3v) is 4.42. The Kier molecular flexibility index (Phi) is 3.54. The molecule has 3 rings (SSSR count). The molecule has 3 aromatic rings. The summed E-state index contributed by atoms with van der Waals surface area (Å²) in [6, 6.07) is 10.4. The molecule has 0 radical (unpaired) electrons. The van der Waals surface area contributed by atoms with E-state index in [1.54, 1.807) is 12.1 Å². The SMILES string of the molecule is OC(c1ccc(Br)c(Cl)c1F)c1coc2ccccc12. The van der Waals surface area contributed by atoms with Gasteiger partial charge in [-0.25, -0.2) is 4.39 Å². The van der Waals surface area contributed by atoms with Gasteiger partial charge in [-0.1, -0.05) is 35.9 Å².